The quantitative estimate of drug-likeness (QED) is 0.827. The molecule has 0 radical (unpaired) electrons. The summed E-state index contributed by atoms with van der Waals surface area (Å²) in [5.74, 6) is 0.628. The molecule has 3 rings (SSSR count). The molecule has 0 unspecified atom stereocenters. The number of aromatic nitrogens is 3. The first kappa shape index (κ1) is 12.2. The van der Waals surface area contributed by atoms with Gasteiger partial charge in [0.05, 0.1) is 11.7 Å². The fourth-order valence-electron chi connectivity index (χ4n) is 2.08. The number of hydrogen-bond donors (Lipinski definition) is 0. The molecule has 1 heterocycles. The molecule has 0 amide bonds. The third-order valence-electron chi connectivity index (χ3n) is 3.34. The number of hydrogen-bond acceptors (Lipinski definition) is 2. The van der Waals surface area contributed by atoms with Gasteiger partial charge in [-0.1, -0.05) is 36.4 Å². The van der Waals surface area contributed by atoms with E-state index in [0.717, 1.165) is 5.69 Å². The van der Waals surface area contributed by atoms with Crippen molar-refractivity contribution in [1.82, 2.24) is 15.0 Å². The summed E-state index contributed by atoms with van der Waals surface area (Å²) in [4.78, 5) is 1.83. The first-order valence-corrected chi connectivity index (χ1v) is 6.94. The van der Waals surface area contributed by atoms with E-state index in [0.29, 0.717) is 12.0 Å². The number of nitrogens with zero attached hydrogens (tertiary/aromatic N) is 3. The van der Waals surface area contributed by atoms with Crippen molar-refractivity contribution >= 4 is 12.2 Å². The van der Waals surface area contributed by atoms with Crippen molar-refractivity contribution < 1.29 is 0 Å². The van der Waals surface area contributed by atoms with E-state index in [1.165, 1.54) is 24.1 Å². The van der Waals surface area contributed by atoms with Crippen molar-refractivity contribution in [2.24, 2.45) is 0 Å². The summed E-state index contributed by atoms with van der Waals surface area (Å²) in [6, 6.07) is 10.6. The monoisotopic (exact) mass is 253 g/mol. The van der Waals surface area contributed by atoms with Crippen molar-refractivity contribution in [2.45, 2.75) is 38.6 Å². The Hall–Kier alpha value is -1.90. The van der Waals surface area contributed by atoms with Gasteiger partial charge in [0.25, 0.3) is 0 Å². The first-order valence-electron chi connectivity index (χ1n) is 6.94. The Morgan fingerprint density at radius 1 is 1.11 bits per heavy atom. The second-order valence-corrected chi connectivity index (χ2v) is 5.40. The maximum Gasteiger partial charge on any atom is 0.109 e. The summed E-state index contributed by atoms with van der Waals surface area (Å²) < 4.78 is 0. The second-order valence-electron chi connectivity index (χ2n) is 5.40. The average Bonchev–Trinajstić information content (AvgIpc) is 3.17. The number of rotatable bonds is 4. The van der Waals surface area contributed by atoms with Crippen LogP contribution < -0.4 is 0 Å². The van der Waals surface area contributed by atoms with Gasteiger partial charge in [0.1, 0.15) is 5.69 Å². The topological polar surface area (TPSA) is 30.7 Å². The van der Waals surface area contributed by atoms with Crippen molar-refractivity contribution in [2.75, 3.05) is 0 Å². The van der Waals surface area contributed by atoms with Crippen molar-refractivity contribution in [3.8, 4) is 0 Å². The molecular weight excluding hydrogens is 234 g/mol. The van der Waals surface area contributed by atoms with Gasteiger partial charge in [-0.25, -0.2) is 0 Å². The van der Waals surface area contributed by atoms with Gasteiger partial charge >= 0.3 is 0 Å². The van der Waals surface area contributed by atoms with Crippen LogP contribution in [0.15, 0.2) is 30.3 Å². The van der Waals surface area contributed by atoms with Gasteiger partial charge in [-0.2, -0.15) is 15.0 Å². The Bertz CT molecular complexity index is 577. The van der Waals surface area contributed by atoms with E-state index >= 15 is 0 Å². The molecule has 0 N–H and O–H groups in total. The van der Waals surface area contributed by atoms with Crippen LogP contribution in [0.1, 0.15) is 55.6 Å². The zero-order valence-electron chi connectivity index (χ0n) is 11.5. The molecule has 98 valence electrons. The molecule has 0 atom stereocenters. The number of benzene rings is 1. The predicted octanol–water partition coefficient (Wildman–Crippen LogP) is 3.91. The molecule has 0 aliphatic heterocycles. The summed E-state index contributed by atoms with van der Waals surface area (Å²) in [5, 5.41) is 9.24. The lowest BCUT2D eigenvalue weighted by Gasteiger charge is -2.00. The Kier molecular flexibility index (Phi) is 3.20. The highest BCUT2D eigenvalue weighted by molar-refractivity contribution is 5.69. The van der Waals surface area contributed by atoms with Crippen molar-refractivity contribution in [1.29, 1.82) is 0 Å². The molecule has 1 saturated carbocycles. The molecule has 2 aromatic rings. The Balaban J connectivity index is 1.89. The molecule has 0 saturated heterocycles. The van der Waals surface area contributed by atoms with Gasteiger partial charge in [0, 0.05) is 5.92 Å². The van der Waals surface area contributed by atoms with Gasteiger partial charge in [-0.3, -0.25) is 0 Å². The molecule has 1 aliphatic rings. The van der Waals surface area contributed by atoms with Crippen molar-refractivity contribution in [3.05, 3.63) is 47.3 Å². The SMILES string of the molecule is CC(C)n1nc(/C=C/c2ccccc2)c(C2CC2)n1. The fourth-order valence-corrected chi connectivity index (χ4v) is 2.08. The van der Waals surface area contributed by atoms with Crippen LogP contribution in [0.2, 0.25) is 0 Å². The Morgan fingerprint density at radius 2 is 1.84 bits per heavy atom. The van der Waals surface area contributed by atoms with E-state index in [1.807, 2.05) is 23.0 Å². The standard InChI is InChI=1S/C16H19N3/c1-12(2)19-17-15(16(18-19)14-9-10-14)11-8-13-6-4-3-5-7-13/h3-8,11-12,14H,9-10H2,1-2H3/b11-8+. The maximum atomic E-state index is 4.64. The van der Waals surface area contributed by atoms with E-state index in [2.05, 4.69) is 48.3 Å². The highest BCUT2D eigenvalue weighted by atomic mass is 15.5. The van der Waals surface area contributed by atoms with E-state index in [9.17, 15) is 0 Å². The molecule has 0 spiro atoms. The summed E-state index contributed by atoms with van der Waals surface area (Å²) in [5.41, 5.74) is 3.39. The van der Waals surface area contributed by atoms with Crippen LogP contribution in [-0.2, 0) is 0 Å². The van der Waals surface area contributed by atoms with Crippen LogP contribution >= 0.6 is 0 Å². The minimum absolute atomic E-state index is 0.316. The molecule has 3 heteroatoms. The molecule has 1 aromatic heterocycles. The molecular formula is C16H19N3. The lowest BCUT2D eigenvalue weighted by molar-refractivity contribution is 0.462. The Labute approximate surface area is 114 Å². The van der Waals surface area contributed by atoms with Crippen LogP contribution in [0, 0.1) is 0 Å². The lowest BCUT2D eigenvalue weighted by atomic mass is 10.1. The summed E-state index contributed by atoms with van der Waals surface area (Å²) in [6.07, 6.45) is 6.71. The molecule has 0 bridgehead atoms. The van der Waals surface area contributed by atoms with Gasteiger partial charge in [0.15, 0.2) is 0 Å². The summed E-state index contributed by atoms with van der Waals surface area (Å²) in [6.45, 7) is 4.22. The highest BCUT2D eigenvalue weighted by Gasteiger charge is 2.29. The molecule has 1 fully saturated rings. The molecule has 1 aliphatic carbocycles. The van der Waals surface area contributed by atoms with Gasteiger partial charge in [0.2, 0.25) is 0 Å². The summed E-state index contributed by atoms with van der Waals surface area (Å²) >= 11 is 0. The van der Waals surface area contributed by atoms with Gasteiger partial charge in [-0.15, -0.1) is 0 Å². The zero-order valence-corrected chi connectivity index (χ0v) is 11.5. The average molecular weight is 253 g/mol. The van der Waals surface area contributed by atoms with Gasteiger partial charge < -0.3 is 0 Å². The largest absolute Gasteiger partial charge is 0.182 e. The Morgan fingerprint density at radius 3 is 2.47 bits per heavy atom. The highest BCUT2D eigenvalue weighted by Crippen LogP contribution is 2.40. The van der Waals surface area contributed by atoms with E-state index < -0.39 is 0 Å². The predicted molar refractivity (Wildman–Crippen MR) is 77.8 cm³/mol. The second kappa shape index (κ2) is 5.00. The third kappa shape index (κ3) is 2.75. The van der Waals surface area contributed by atoms with Crippen molar-refractivity contribution in [3.63, 3.8) is 0 Å². The normalized spacial score (nSPS) is 15.5. The van der Waals surface area contributed by atoms with Crippen LogP contribution in [0.5, 0.6) is 0 Å². The first-order chi connectivity index (χ1) is 9.24. The third-order valence-corrected chi connectivity index (χ3v) is 3.34. The van der Waals surface area contributed by atoms with Crippen LogP contribution in [-0.4, -0.2) is 15.0 Å². The van der Waals surface area contributed by atoms with E-state index in [1.54, 1.807) is 0 Å². The van der Waals surface area contributed by atoms with Crippen LogP contribution in [0.25, 0.3) is 12.2 Å². The van der Waals surface area contributed by atoms with Crippen LogP contribution in [0.4, 0.5) is 0 Å². The minimum atomic E-state index is 0.316. The zero-order chi connectivity index (χ0) is 13.2. The van der Waals surface area contributed by atoms with E-state index in [4.69, 9.17) is 0 Å². The molecule has 3 nitrogen and oxygen atoms in total. The summed E-state index contributed by atoms with van der Waals surface area (Å²) in [7, 11) is 0. The van der Waals surface area contributed by atoms with Gasteiger partial charge in [-0.05, 0) is 38.3 Å². The molecule has 1 aromatic carbocycles. The van der Waals surface area contributed by atoms with Crippen LogP contribution in [0.3, 0.4) is 0 Å². The smallest absolute Gasteiger partial charge is 0.109 e. The fraction of sp³-hybridized carbons (Fsp3) is 0.375. The van der Waals surface area contributed by atoms with E-state index in [-0.39, 0.29) is 0 Å². The molecule has 19 heavy (non-hydrogen) atoms. The minimum Gasteiger partial charge on any atom is -0.182 e. The lowest BCUT2D eigenvalue weighted by Crippen LogP contribution is -2.04. The maximum absolute atomic E-state index is 4.64.